The molecule has 0 saturated carbocycles. The number of para-hydroxylation sites is 1. The molecule has 2 saturated heterocycles. The van der Waals surface area contributed by atoms with E-state index in [4.69, 9.17) is 11.5 Å². The zero-order valence-corrected chi connectivity index (χ0v) is 76.9. The average molecular weight is 1900 g/mol. The second-order valence-electron chi connectivity index (χ2n) is 33.4. The second-order valence-corrected chi connectivity index (χ2v) is 34.4. The van der Waals surface area contributed by atoms with Crippen LogP contribution in [0.5, 0.6) is 0 Å². The molecular weight excluding hydrogens is 1770 g/mol. The van der Waals surface area contributed by atoms with Gasteiger partial charge in [-0.25, -0.2) is 4.98 Å². The van der Waals surface area contributed by atoms with E-state index in [9.17, 15) is 122 Å². The Morgan fingerprint density at radius 1 is 0.436 bits per heavy atom. The van der Waals surface area contributed by atoms with Gasteiger partial charge in [0, 0.05) is 186 Å². The van der Waals surface area contributed by atoms with Crippen molar-refractivity contribution in [3.8, 4) is 0 Å². The van der Waals surface area contributed by atoms with Crippen molar-refractivity contribution in [2.24, 2.45) is 23.3 Å². The predicted octanol–water partition coefficient (Wildman–Crippen LogP) is -7.80. The number of primary amides is 2. The van der Waals surface area contributed by atoms with Crippen LogP contribution in [0.1, 0.15) is 84.4 Å². The van der Waals surface area contributed by atoms with Crippen LogP contribution in [0.3, 0.4) is 0 Å². The highest BCUT2D eigenvalue weighted by molar-refractivity contribution is 7.98. The summed E-state index contributed by atoms with van der Waals surface area (Å²) in [5.74, 6) is -17.9. The first kappa shape index (κ1) is 111. The van der Waals surface area contributed by atoms with Gasteiger partial charge in [0.25, 0.3) is 0 Å². The summed E-state index contributed by atoms with van der Waals surface area (Å²) in [4.78, 5) is 276. The summed E-state index contributed by atoms with van der Waals surface area (Å²) in [5.41, 5.74) is 12.6. The Morgan fingerprint density at radius 2 is 0.850 bits per heavy atom. The number of H-pyrrole nitrogens is 2. The number of carbonyl (C=O) groups excluding carboxylic acids is 13. The van der Waals surface area contributed by atoms with Crippen molar-refractivity contribution >= 4 is 135 Å². The largest absolute Gasteiger partial charge is 0.480 e. The number of carbonyl (C=O) groups is 19. The lowest BCUT2D eigenvalue weighted by atomic mass is 10.0. The maximum absolute atomic E-state index is 14.7. The van der Waals surface area contributed by atoms with E-state index in [2.05, 4.69) is 68.1 Å². The third-order valence-corrected chi connectivity index (χ3v) is 22.4. The van der Waals surface area contributed by atoms with Crippen LogP contribution in [-0.2, 0) is 104 Å². The van der Waals surface area contributed by atoms with Gasteiger partial charge in [0.05, 0.1) is 70.9 Å². The number of imidazole rings is 1. The van der Waals surface area contributed by atoms with Gasteiger partial charge in [-0.05, 0) is 61.7 Å². The van der Waals surface area contributed by atoms with E-state index < -0.39 is 232 Å². The molecule has 7 atom stereocenters. The molecule has 5 rings (SSSR count). The van der Waals surface area contributed by atoms with Crippen molar-refractivity contribution in [1.29, 1.82) is 0 Å². The van der Waals surface area contributed by atoms with Gasteiger partial charge in [-0.3, -0.25) is 130 Å². The Morgan fingerprint density at radius 3 is 1.27 bits per heavy atom. The number of aromatic nitrogens is 3. The Bertz CT molecular complexity index is 4220. The molecule has 2 aliphatic heterocycles. The minimum Gasteiger partial charge on any atom is -0.480 e. The van der Waals surface area contributed by atoms with Crippen LogP contribution in [0.2, 0.25) is 0 Å². The molecule has 2 fully saturated rings. The second kappa shape index (κ2) is 58.7. The fourth-order valence-electron chi connectivity index (χ4n) is 14.6. The lowest BCUT2D eigenvalue weighted by Crippen LogP contribution is -2.59. The lowest BCUT2D eigenvalue weighted by molar-refractivity contribution is -0.140. The first-order chi connectivity index (χ1) is 63.0. The minimum absolute atomic E-state index is 0.0854. The zero-order valence-electron chi connectivity index (χ0n) is 76.1. The molecule has 50 heteroatoms. The summed E-state index contributed by atoms with van der Waals surface area (Å²) in [5, 5.41) is 85.1. The number of fused-ring (bicyclic) bond motifs is 1. The SMILES string of the molecule is CSCCC(NC(=O)C(CC(C)C)NC(=O)C(Cc1c[nH]cn1)NC(=O)CNC(=O)C(NC(=O)[C@H](C)NC(=O)C(Cc1c[nH]c2ccccc12)NC(=O)C(CCC(N)=O)NC(=O)CCC(=O)N(CCNC(=O)CN1CCN(CC(=O)O)CCN(CC(=O)O)CCN(CC(=O)O)CC1)CCNC(=O)CN1CCN(CC(=O)O)CCN(CC(=O)O)CCN(CC(=O)O)CC1)C(C)C)C(N)=O. The highest BCUT2D eigenvalue weighted by Gasteiger charge is 2.36. The smallest absolute Gasteiger partial charge is 0.317 e. The van der Waals surface area contributed by atoms with Gasteiger partial charge in [-0.15, -0.1) is 0 Å². The van der Waals surface area contributed by atoms with E-state index in [1.807, 2.05) is 20.1 Å². The molecule has 49 nitrogen and oxygen atoms in total. The van der Waals surface area contributed by atoms with Crippen molar-refractivity contribution in [2.45, 2.75) is 128 Å². The van der Waals surface area contributed by atoms with Gasteiger partial charge in [-0.1, -0.05) is 45.9 Å². The molecule has 0 bridgehead atoms. The molecule has 133 heavy (non-hydrogen) atoms. The van der Waals surface area contributed by atoms with Crippen LogP contribution in [-0.4, -0.2) is 446 Å². The highest BCUT2D eigenvalue weighted by atomic mass is 32.2. The summed E-state index contributed by atoms with van der Waals surface area (Å²) in [7, 11) is 0. The van der Waals surface area contributed by atoms with Gasteiger partial charge in [0.15, 0.2) is 0 Å². The molecule has 740 valence electrons. The highest BCUT2D eigenvalue weighted by Crippen LogP contribution is 2.21. The van der Waals surface area contributed by atoms with E-state index in [0.29, 0.717) is 27.9 Å². The van der Waals surface area contributed by atoms with Crippen molar-refractivity contribution in [1.82, 2.24) is 112 Å². The number of aromatic amines is 2. The fraction of sp³-hybridized carbons (Fsp3) is 0.639. The van der Waals surface area contributed by atoms with Crippen LogP contribution in [0, 0.1) is 11.8 Å². The van der Waals surface area contributed by atoms with Crippen molar-refractivity contribution < 1.29 is 122 Å². The predicted molar refractivity (Wildman–Crippen MR) is 481 cm³/mol. The van der Waals surface area contributed by atoms with Crippen LogP contribution in [0.15, 0.2) is 43.0 Å². The summed E-state index contributed by atoms with van der Waals surface area (Å²) >= 11 is 1.43. The molecule has 1 aromatic carbocycles. The Labute approximate surface area is 773 Å². The number of amides is 13. The third kappa shape index (κ3) is 44.3. The van der Waals surface area contributed by atoms with E-state index in [-0.39, 0.29) is 176 Å². The van der Waals surface area contributed by atoms with Gasteiger partial charge in [-0.2, -0.15) is 11.8 Å². The van der Waals surface area contributed by atoms with Crippen molar-refractivity contribution in [3.05, 3.63) is 54.2 Å². The first-order valence-corrected chi connectivity index (χ1v) is 45.3. The fourth-order valence-corrected chi connectivity index (χ4v) is 15.1. The molecule has 3 aromatic rings. The minimum atomic E-state index is -1.64. The van der Waals surface area contributed by atoms with Crippen LogP contribution >= 0.6 is 11.8 Å². The van der Waals surface area contributed by atoms with Crippen molar-refractivity contribution in [2.75, 3.05) is 202 Å². The van der Waals surface area contributed by atoms with Crippen LogP contribution in [0.25, 0.3) is 10.9 Å². The van der Waals surface area contributed by atoms with Gasteiger partial charge in [0.1, 0.15) is 42.3 Å². The average Bonchev–Trinajstić information content (AvgIpc) is 1.47. The van der Waals surface area contributed by atoms with E-state index >= 15 is 0 Å². The molecule has 4 heterocycles. The zero-order chi connectivity index (χ0) is 98.4. The maximum Gasteiger partial charge on any atom is 0.317 e. The number of aliphatic carboxylic acids is 6. The summed E-state index contributed by atoms with van der Waals surface area (Å²) in [6.45, 7) is 4.74. The number of rotatable bonds is 54. The Balaban J connectivity index is 1.35. The standard InChI is InChI=1S/C83H132N24O25S/c1-52(2)37-61(81(130)95-59(77(85)126)15-36-133-6)96-82(131)63(39-56-41-86-51-91-56)94-66(110)42-90-83(132)76(53(3)4)98-78(127)54(5)92-80(129)62(38-55-40-89-58-10-8-7-9-57(55)58)97-79(128)60(11-12-64(84)108)93-65(109)13-14-69(113)107(18-16-87-67(111)43-99-20-24-101(45-70(114)115)28-32-105(49-74(122)123)33-29-102(25-21-99)46-71(116)117)19-17-88-68(112)44-100-22-26-103(47-72(118)119)30-34-106(50-75(124)125)35-31-104(27-23-100)48-73(120)121/h7-10,40-41,51-54,59-63,76,89H,11-39,42-50H2,1-6H3,(H2,84,108)(H2,85,126)(H,86,91)(H,87,111)(H,88,112)(H,90,132)(H,92,129)(H,93,109)(H,94,110)(H,95,130)(H,96,131)(H,97,128)(H,98,127)(H,114,115)(H,116,117)(H,118,119)(H,120,121)(H,122,123)(H,124,125)/t54-,59?,60?,61?,62?,63?,76?/m0/s1. The molecule has 2 aromatic heterocycles. The van der Waals surface area contributed by atoms with Crippen LogP contribution in [0.4, 0.5) is 0 Å². The molecule has 2 aliphatic rings. The number of carboxylic acids is 6. The summed E-state index contributed by atoms with van der Waals surface area (Å²) in [6.07, 6.45) is 3.93. The number of benzene rings is 1. The van der Waals surface area contributed by atoms with E-state index in [1.54, 1.807) is 83.5 Å². The van der Waals surface area contributed by atoms with Crippen LogP contribution < -0.4 is 64.6 Å². The molecule has 6 unspecified atom stereocenters. The Kier molecular flexibility index (Phi) is 49.2. The van der Waals surface area contributed by atoms with Crippen molar-refractivity contribution in [3.63, 3.8) is 0 Å². The number of hydrogen-bond donors (Lipinski definition) is 20. The topological polar surface area (TPSA) is 692 Å². The number of carboxylic acid groups (broad SMARTS) is 6. The molecular formula is C83H132N24O25S. The number of thioether (sulfide) groups is 1. The quantitative estimate of drug-likeness (QED) is 0.0250. The van der Waals surface area contributed by atoms with E-state index in [0.717, 1.165) is 0 Å². The molecule has 0 aliphatic carbocycles. The number of nitrogens with two attached hydrogens (primary N) is 2. The monoisotopic (exact) mass is 1900 g/mol. The number of nitrogens with one attached hydrogen (secondary N) is 12. The summed E-state index contributed by atoms with van der Waals surface area (Å²) in [6, 6.07) is -2.67. The molecule has 0 radical (unpaired) electrons. The normalized spacial score (nSPS) is 16.5. The molecule has 13 amide bonds. The third-order valence-electron chi connectivity index (χ3n) is 21.8. The lowest BCUT2D eigenvalue weighted by Gasteiger charge is -2.33. The number of hydrogen-bond acceptors (Lipinski definition) is 29. The molecule has 0 spiro atoms. The van der Waals surface area contributed by atoms with Gasteiger partial charge in [0.2, 0.25) is 76.8 Å². The number of nitrogens with zero attached hydrogens (tertiary/aromatic N) is 10. The van der Waals surface area contributed by atoms with E-state index in [1.165, 1.54) is 36.1 Å². The summed E-state index contributed by atoms with van der Waals surface area (Å²) < 4.78 is 0. The van der Waals surface area contributed by atoms with Gasteiger partial charge >= 0.3 is 35.8 Å². The van der Waals surface area contributed by atoms with Gasteiger partial charge < -0.3 is 110 Å². The molecule has 22 N–H and O–H groups in total. The Hall–Kier alpha value is -12.1. The maximum atomic E-state index is 14.7. The first-order valence-electron chi connectivity index (χ1n) is 43.9.